The first-order valence-corrected chi connectivity index (χ1v) is 18.6. The van der Waals surface area contributed by atoms with E-state index in [1.165, 1.54) is 4.57 Å². The summed E-state index contributed by atoms with van der Waals surface area (Å²) in [7, 11) is 0. The van der Waals surface area contributed by atoms with Crippen LogP contribution in [0.4, 0.5) is 0 Å². The Bertz CT molecular complexity index is 3920. The summed E-state index contributed by atoms with van der Waals surface area (Å²) < 4.78 is 111. The molecule has 0 aliphatic carbocycles. The van der Waals surface area contributed by atoms with Gasteiger partial charge < -0.3 is 4.57 Å². The highest BCUT2D eigenvalue weighted by Gasteiger charge is 2.21. The molecule has 0 unspecified atom stereocenters. The third-order valence-electron chi connectivity index (χ3n) is 9.85. The lowest BCUT2D eigenvalue weighted by Gasteiger charge is -2.17. The van der Waals surface area contributed by atoms with Crippen molar-refractivity contribution >= 4 is 53.3 Å². The largest absolute Gasteiger partial charge is 0.308 e. The van der Waals surface area contributed by atoms with Gasteiger partial charge in [0.05, 0.1) is 33.2 Å². The van der Waals surface area contributed by atoms with Crippen molar-refractivity contribution in [2.24, 2.45) is 0 Å². The summed E-state index contributed by atoms with van der Waals surface area (Å²) in [6, 6.07) is 30.9. The van der Waals surface area contributed by atoms with Crippen molar-refractivity contribution in [1.29, 1.82) is 0 Å². The second kappa shape index (κ2) is 13.3. The summed E-state index contributed by atoms with van der Waals surface area (Å²) in [5.74, 6) is 1.18. The Hall–Kier alpha value is -7.21. The molecule has 56 heavy (non-hydrogen) atoms. The zero-order chi connectivity index (χ0) is 47.4. The van der Waals surface area contributed by atoms with Crippen molar-refractivity contribution < 1.29 is 16.4 Å². The standard InChI is InChI=1S/C51H32N4S/c1-4-16-33(17-5-1)37-24-14-25-39-38-22-10-12-27-43(38)55(48(37)39)44-31-30-36(32-42(44)34-18-6-2-7-19-34)50-52-49(35-20-8-3-9-21-35)53-51(54-50)41-26-15-29-46-47(41)40-23-11-13-28-45(40)56-46/h1-32H/i1D,4D,5D,10D,12D,14D,16D,17D,22D,24D,25D,27D. The maximum absolute atomic E-state index is 9.39. The third-order valence-corrected chi connectivity index (χ3v) is 11.0. The number of thiophene rings is 1. The van der Waals surface area contributed by atoms with E-state index < -0.39 is 78.1 Å². The minimum atomic E-state index is -0.689. The van der Waals surface area contributed by atoms with Gasteiger partial charge in [0.1, 0.15) is 0 Å². The molecule has 0 atom stereocenters. The minimum absolute atomic E-state index is 0.104. The van der Waals surface area contributed by atoms with Crippen LogP contribution in [-0.2, 0) is 0 Å². The zero-order valence-corrected chi connectivity index (χ0v) is 30.1. The minimum Gasteiger partial charge on any atom is -0.308 e. The normalized spacial score (nSPS) is 14.6. The number of rotatable bonds is 6. The van der Waals surface area contributed by atoms with Crippen LogP contribution in [0.2, 0.25) is 0 Å². The fraction of sp³-hybridized carbons (Fsp3) is 0. The van der Waals surface area contributed by atoms with Crippen LogP contribution in [0.1, 0.15) is 16.4 Å². The fourth-order valence-electron chi connectivity index (χ4n) is 7.39. The Balaban J connectivity index is 1.27. The van der Waals surface area contributed by atoms with Gasteiger partial charge in [-0.3, -0.25) is 0 Å². The lowest BCUT2D eigenvalue weighted by Crippen LogP contribution is -2.02. The maximum Gasteiger partial charge on any atom is 0.164 e. The fourth-order valence-corrected chi connectivity index (χ4v) is 8.52. The molecule has 0 N–H and O–H groups in total. The van der Waals surface area contributed by atoms with Gasteiger partial charge >= 0.3 is 0 Å². The molecule has 0 spiro atoms. The quantitative estimate of drug-likeness (QED) is 0.170. The van der Waals surface area contributed by atoms with Crippen molar-refractivity contribution in [3.63, 3.8) is 0 Å². The van der Waals surface area contributed by atoms with Gasteiger partial charge in [0.2, 0.25) is 0 Å². The van der Waals surface area contributed by atoms with Crippen molar-refractivity contribution in [1.82, 2.24) is 19.5 Å². The van der Waals surface area contributed by atoms with Crippen LogP contribution >= 0.6 is 11.3 Å². The van der Waals surface area contributed by atoms with E-state index in [1.54, 1.807) is 23.5 Å². The van der Waals surface area contributed by atoms with Crippen molar-refractivity contribution in [2.75, 3.05) is 0 Å². The predicted octanol–water partition coefficient (Wildman–Crippen LogP) is 13.7. The number of para-hydroxylation sites is 2. The van der Waals surface area contributed by atoms with Gasteiger partial charge in [-0.2, -0.15) is 0 Å². The van der Waals surface area contributed by atoms with E-state index in [0.717, 1.165) is 31.3 Å². The molecule has 0 amide bonds. The molecule has 0 fully saturated rings. The zero-order valence-electron chi connectivity index (χ0n) is 41.2. The van der Waals surface area contributed by atoms with Gasteiger partial charge in [-0.25, -0.2) is 15.0 Å². The molecular formula is C51H32N4S. The Morgan fingerprint density at radius 2 is 1.11 bits per heavy atom. The molecule has 4 nitrogen and oxygen atoms in total. The first kappa shape index (κ1) is 22.2. The molecule has 11 rings (SSSR count). The highest BCUT2D eigenvalue weighted by atomic mass is 32.1. The van der Waals surface area contributed by atoms with Crippen LogP contribution in [0.3, 0.4) is 0 Å². The molecule has 0 saturated heterocycles. The Morgan fingerprint density at radius 3 is 1.95 bits per heavy atom. The third kappa shape index (κ3) is 5.32. The van der Waals surface area contributed by atoms with Gasteiger partial charge in [0.25, 0.3) is 0 Å². The van der Waals surface area contributed by atoms with Crippen molar-refractivity contribution in [2.45, 2.75) is 0 Å². The Morgan fingerprint density at radius 1 is 0.429 bits per heavy atom. The van der Waals surface area contributed by atoms with E-state index in [2.05, 4.69) is 18.2 Å². The summed E-state index contributed by atoms with van der Waals surface area (Å²) >= 11 is 1.68. The highest BCUT2D eigenvalue weighted by Crippen LogP contribution is 2.43. The first-order valence-electron chi connectivity index (χ1n) is 23.8. The van der Waals surface area contributed by atoms with Crippen LogP contribution in [0.15, 0.2) is 194 Å². The number of benzene rings is 8. The second-order valence-electron chi connectivity index (χ2n) is 13.1. The van der Waals surface area contributed by atoms with Crippen LogP contribution in [0, 0.1) is 0 Å². The van der Waals surface area contributed by atoms with Crippen LogP contribution in [-0.4, -0.2) is 19.5 Å². The van der Waals surface area contributed by atoms with E-state index in [-0.39, 0.29) is 27.4 Å². The summed E-state index contributed by atoms with van der Waals surface area (Å²) in [6.07, 6.45) is 0. The molecule has 0 radical (unpaired) electrons. The molecule has 8 aromatic carbocycles. The Kier molecular flexibility index (Phi) is 5.27. The van der Waals surface area contributed by atoms with E-state index in [4.69, 9.17) is 25.9 Å². The number of hydrogen-bond donors (Lipinski definition) is 0. The molecule has 5 heteroatoms. The summed E-state index contributed by atoms with van der Waals surface area (Å²) in [5.41, 5.74) is 2.60. The van der Waals surface area contributed by atoms with Crippen molar-refractivity contribution in [3.8, 4) is 62.1 Å². The molecule has 262 valence electrons. The number of hydrogen-bond acceptors (Lipinski definition) is 4. The average Bonchev–Trinajstić information content (AvgIpc) is 3.94. The van der Waals surface area contributed by atoms with E-state index in [9.17, 15) is 5.48 Å². The van der Waals surface area contributed by atoms with E-state index in [0.29, 0.717) is 39.9 Å². The molecule has 3 heterocycles. The smallest absolute Gasteiger partial charge is 0.164 e. The number of fused-ring (bicyclic) bond motifs is 6. The van der Waals surface area contributed by atoms with Crippen molar-refractivity contribution in [3.05, 3.63) is 194 Å². The van der Waals surface area contributed by atoms with E-state index in [1.807, 2.05) is 91.0 Å². The monoisotopic (exact) mass is 744 g/mol. The molecule has 0 aliphatic heterocycles. The summed E-state index contributed by atoms with van der Waals surface area (Å²) in [6.45, 7) is 0. The van der Waals surface area contributed by atoms with E-state index >= 15 is 0 Å². The molecular weight excluding hydrogens is 701 g/mol. The van der Waals surface area contributed by atoms with Gasteiger partial charge in [-0.05, 0) is 47.5 Å². The Labute approximate surface area is 344 Å². The lowest BCUT2D eigenvalue weighted by molar-refractivity contribution is 1.08. The summed E-state index contributed by atoms with van der Waals surface area (Å²) in [5, 5.41) is 1.79. The van der Waals surface area contributed by atoms with Gasteiger partial charge in [-0.1, -0.05) is 157 Å². The molecule has 0 aliphatic rings. The number of aromatic nitrogens is 4. The molecule has 3 aromatic heterocycles. The molecule has 11 aromatic rings. The number of nitrogens with zero attached hydrogens (tertiary/aromatic N) is 4. The first-order chi connectivity index (χ1) is 32.8. The average molecular weight is 745 g/mol. The highest BCUT2D eigenvalue weighted by molar-refractivity contribution is 7.25. The molecule has 0 bridgehead atoms. The predicted molar refractivity (Wildman–Crippen MR) is 234 cm³/mol. The maximum atomic E-state index is 9.39. The van der Waals surface area contributed by atoms with Crippen LogP contribution in [0.5, 0.6) is 0 Å². The topological polar surface area (TPSA) is 43.6 Å². The van der Waals surface area contributed by atoms with Gasteiger partial charge in [-0.15, -0.1) is 11.3 Å². The van der Waals surface area contributed by atoms with Crippen LogP contribution < -0.4 is 0 Å². The summed E-state index contributed by atoms with van der Waals surface area (Å²) in [4.78, 5) is 15.3. The van der Waals surface area contributed by atoms with Crippen LogP contribution in [0.25, 0.3) is 104 Å². The van der Waals surface area contributed by atoms with Gasteiger partial charge in [0.15, 0.2) is 17.5 Å². The lowest BCUT2D eigenvalue weighted by atomic mass is 9.99. The molecule has 0 saturated carbocycles. The second-order valence-corrected chi connectivity index (χ2v) is 14.2. The SMILES string of the molecule is [2H]c1c([2H])c([2H])c(-c2c([2H])c([2H])c([2H])c3c4c([2H])c([2H])c([2H])c([2H])c4n(-c4ccc(-c5nc(-c6ccccc6)nc(-c6cccc7sc8ccccc8c67)n5)cc4-c4ccccc4)c23)c([2H])c1[2H]. The van der Waals surface area contributed by atoms with Gasteiger partial charge in [0, 0.05) is 58.8 Å².